The molecule has 7 nitrogen and oxygen atoms in total. The first-order valence-corrected chi connectivity index (χ1v) is 7.22. The van der Waals surface area contributed by atoms with Gasteiger partial charge in [0.1, 0.15) is 0 Å². The summed E-state index contributed by atoms with van der Waals surface area (Å²) in [6, 6.07) is 2.66. The molecule has 1 saturated heterocycles. The summed E-state index contributed by atoms with van der Waals surface area (Å²) in [6.45, 7) is -0.403. The second-order valence-electron chi connectivity index (χ2n) is 5.36. The summed E-state index contributed by atoms with van der Waals surface area (Å²) in [4.78, 5) is 4.21. The average Bonchev–Trinajstić information content (AvgIpc) is 3.19. The molecule has 0 bridgehead atoms. The van der Waals surface area contributed by atoms with Crippen molar-refractivity contribution in [3.8, 4) is 28.6 Å². The number of alkyl halides is 2. The van der Waals surface area contributed by atoms with Crippen molar-refractivity contribution in [2.75, 3.05) is 27.9 Å². The maximum absolute atomic E-state index is 13.3. The number of hydrogen-bond donors (Lipinski definition) is 1. The molecule has 0 saturated carbocycles. The highest BCUT2D eigenvalue weighted by molar-refractivity contribution is 5.66. The molecule has 3 rings (SSSR count). The molecule has 0 spiro atoms. The van der Waals surface area contributed by atoms with Crippen molar-refractivity contribution in [2.45, 2.75) is 18.4 Å². The fourth-order valence-electron chi connectivity index (χ4n) is 2.59. The molecule has 1 N–H and O–H groups in total. The van der Waals surface area contributed by atoms with Crippen molar-refractivity contribution in [2.24, 2.45) is 0 Å². The molecule has 1 aromatic heterocycles. The van der Waals surface area contributed by atoms with Crippen LogP contribution in [0.1, 0.15) is 18.4 Å². The molecule has 1 atom stereocenters. The van der Waals surface area contributed by atoms with Gasteiger partial charge in [0, 0.05) is 12.0 Å². The Morgan fingerprint density at radius 3 is 2.33 bits per heavy atom. The van der Waals surface area contributed by atoms with Crippen molar-refractivity contribution in [3.63, 3.8) is 0 Å². The van der Waals surface area contributed by atoms with E-state index in [0.717, 1.165) is 0 Å². The topological polar surface area (TPSA) is 78.6 Å². The van der Waals surface area contributed by atoms with Crippen LogP contribution in [0, 0.1) is 0 Å². The highest BCUT2D eigenvalue weighted by Crippen LogP contribution is 2.41. The zero-order valence-electron chi connectivity index (χ0n) is 13.4. The van der Waals surface area contributed by atoms with Crippen LogP contribution in [-0.4, -0.2) is 43.9 Å². The normalized spacial score (nSPS) is 19.3. The smallest absolute Gasteiger partial charge is 0.262 e. The Hall–Kier alpha value is -2.42. The van der Waals surface area contributed by atoms with Gasteiger partial charge in [0.05, 0.1) is 33.9 Å². The van der Waals surface area contributed by atoms with Gasteiger partial charge in [-0.3, -0.25) is 5.32 Å². The van der Waals surface area contributed by atoms with Crippen molar-refractivity contribution in [1.29, 1.82) is 0 Å². The first-order valence-electron chi connectivity index (χ1n) is 7.22. The van der Waals surface area contributed by atoms with Crippen molar-refractivity contribution >= 4 is 0 Å². The van der Waals surface area contributed by atoms with Crippen molar-refractivity contribution in [1.82, 2.24) is 15.5 Å². The molecule has 130 valence electrons. The number of methoxy groups -OCH3 is 3. The molecular formula is C15H17F2N3O4. The number of halogens is 2. The van der Waals surface area contributed by atoms with Crippen LogP contribution >= 0.6 is 0 Å². The Balaban J connectivity index is 1.93. The minimum Gasteiger partial charge on any atom is -0.493 e. The lowest BCUT2D eigenvalue weighted by Gasteiger charge is -2.12. The van der Waals surface area contributed by atoms with E-state index in [9.17, 15) is 8.78 Å². The summed E-state index contributed by atoms with van der Waals surface area (Å²) < 4.78 is 47.5. The van der Waals surface area contributed by atoms with E-state index >= 15 is 0 Å². The SMILES string of the molecule is COc1cc(-c2noc(C3CC(F)(F)CN3)n2)cc(OC)c1OC. The number of ether oxygens (including phenoxy) is 3. The van der Waals surface area contributed by atoms with E-state index in [1.807, 2.05) is 0 Å². The fraction of sp³-hybridized carbons (Fsp3) is 0.467. The van der Waals surface area contributed by atoms with Crippen LogP contribution in [0.4, 0.5) is 8.78 Å². The zero-order chi connectivity index (χ0) is 17.3. The van der Waals surface area contributed by atoms with Crippen LogP contribution < -0.4 is 19.5 Å². The van der Waals surface area contributed by atoms with E-state index in [1.54, 1.807) is 12.1 Å². The Morgan fingerprint density at radius 1 is 1.17 bits per heavy atom. The largest absolute Gasteiger partial charge is 0.493 e. The van der Waals surface area contributed by atoms with Crippen molar-refractivity contribution < 1.29 is 27.5 Å². The van der Waals surface area contributed by atoms with Gasteiger partial charge in [-0.2, -0.15) is 4.98 Å². The van der Waals surface area contributed by atoms with Gasteiger partial charge in [-0.05, 0) is 12.1 Å². The Kier molecular flexibility index (Phi) is 4.27. The standard InChI is InChI=1S/C15H17F2N3O4/c1-21-10-4-8(5-11(22-2)12(10)23-3)13-19-14(24-20-13)9-6-15(16,17)7-18-9/h4-5,9,18H,6-7H2,1-3H3. The molecule has 1 aliphatic rings. The molecule has 1 aromatic carbocycles. The van der Waals surface area contributed by atoms with Crippen LogP contribution in [0.15, 0.2) is 16.7 Å². The molecule has 0 aliphatic carbocycles. The molecule has 0 amide bonds. The first kappa shape index (κ1) is 16.4. The highest BCUT2D eigenvalue weighted by Gasteiger charge is 2.42. The Bertz CT molecular complexity index is 710. The molecule has 9 heteroatoms. The predicted octanol–water partition coefficient (Wildman–Crippen LogP) is 2.43. The van der Waals surface area contributed by atoms with E-state index in [4.69, 9.17) is 18.7 Å². The lowest BCUT2D eigenvalue weighted by atomic mass is 10.1. The predicted molar refractivity (Wildman–Crippen MR) is 79.7 cm³/mol. The number of nitrogens with one attached hydrogen (secondary N) is 1. The van der Waals surface area contributed by atoms with Crippen LogP contribution in [0.3, 0.4) is 0 Å². The van der Waals surface area contributed by atoms with Gasteiger partial charge in [0.25, 0.3) is 5.92 Å². The van der Waals surface area contributed by atoms with Crippen molar-refractivity contribution in [3.05, 3.63) is 18.0 Å². The fourth-order valence-corrected chi connectivity index (χ4v) is 2.59. The van der Waals surface area contributed by atoms with E-state index in [2.05, 4.69) is 15.5 Å². The first-order chi connectivity index (χ1) is 11.5. The molecule has 0 radical (unpaired) electrons. The maximum atomic E-state index is 13.3. The number of aromatic nitrogens is 2. The van der Waals surface area contributed by atoms with E-state index in [-0.39, 0.29) is 18.1 Å². The zero-order valence-corrected chi connectivity index (χ0v) is 13.4. The molecule has 24 heavy (non-hydrogen) atoms. The van der Waals surface area contributed by atoms with Gasteiger partial charge < -0.3 is 18.7 Å². The number of benzene rings is 1. The van der Waals surface area contributed by atoms with Gasteiger partial charge in [0.2, 0.25) is 17.5 Å². The van der Waals surface area contributed by atoms with E-state index < -0.39 is 18.5 Å². The van der Waals surface area contributed by atoms with E-state index in [0.29, 0.717) is 22.8 Å². The summed E-state index contributed by atoms with van der Waals surface area (Å²) in [7, 11) is 4.49. The van der Waals surface area contributed by atoms with Crippen LogP contribution in [0.25, 0.3) is 11.4 Å². The Morgan fingerprint density at radius 2 is 1.83 bits per heavy atom. The lowest BCUT2D eigenvalue weighted by Crippen LogP contribution is -2.19. The van der Waals surface area contributed by atoms with Crippen LogP contribution in [0.5, 0.6) is 17.2 Å². The summed E-state index contributed by atoms with van der Waals surface area (Å²) in [6.07, 6.45) is -0.371. The second-order valence-corrected chi connectivity index (χ2v) is 5.36. The maximum Gasteiger partial charge on any atom is 0.262 e. The molecular weight excluding hydrogens is 324 g/mol. The van der Waals surface area contributed by atoms with Gasteiger partial charge in [-0.1, -0.05) is 5.16 Å². The third kappa shape index (κ3) is 2.99. The second kappa shape index (κ2) is 6.23. The third-order valence-corrected chi connectivity index (χ3v) is 3.77. The molecule has 1 aliphatic heterocycles. The molecule has 1 unspecified atom stereocenters. The third-order valence-electron chi connectivity index (χ3n) is 3.77. The minimum absolute atomic E-state index is 0.121. The average molecular weight is 341 g/mol. The molecule has 2 heterocycles. The van der Waals surface area contributed by atoms with Gasteiger partial charge >= 0.3 is 0 Å². The Labute approximate surface area is 136 Å². The number of hydrogen-bond acceptors (Lipinski definition) is 7. The summed E-state index contributed by atoms with van der Waals surface area (Å²) in [5.74, 6) is -1.10. The lowest BCUT2D eigenvalue weighted by molar-refractivity contribution is 0.0200. The minimum atomic E-state index is -2.77. The highest BCUT2D eigenvalue weighted by atomic mass is 19.3. The summed E-state index contributed by atoms with van der Waals surface area (Å²) in [5.41, 5.74) is 0.559. The summed E-state index contributed by atoms with van der Waals surface area (Å²) >= 11 is 0. The van der Waals surface area contributed by atoms with E-state index in [1.165, 1.54) is 21.3 Å². The molecule has 2 aromatic rings. The summed E-state index contributed by atoms with van der Waals surface area (Å²) in [5, 5.41) is 6.54. The van der Waals surface area contributed by atoms with Gasteiger partial charge in [-0.15, -0.1) is 0 Å². The van der Waals surface area contributed by atoms with Gasteiger partial charge in [0.15, 0.2) is 11.5 Å². The quantitative estimate of drug-likeness (QED) is 0.895. The van der Waals surface area contributed by atoms with Crippen LogP contribution in [0.2, 0.25) is 0 Å². The monoisotopic (exact) mass is 341 g/mol. The molecule has 1 fully saturated rings. The van der Waals surface area contributed by atoms with Crippen LogP contribution in [-0.2, 0) is 0 Å². The number of nitrogens with zero attached hydrogens (tertiary/aromatic N) is 2. The van der Waals surface area contributed by atoms with Gasteiger partial charge in [-0.25, -0.2) is 8.78 Å². The number of rotatable bonds is 5.